The van der Waals surface area contributed by atoms with Crippen LogP contribution in [0.15, 0.2) is 36.5 Å². The molecule has 0 spiro atoms. The summed E-state index contributed by atoms with van der Waals surface area (Å²) in [6, 6.07) is 10.3. The Morgan fingerprint density at radius 2 is 2.11 bits per heavy atom. The molecule has 1 aromatic carbocycles. The summed E-state index contributed by atoms with van der Waals surface area (Å²) >= 11 is 0. The summed E-state index contributed by atoms with van der Waals surface area (Å²) in [7, 11) is 0. The highest BCUT2D eigenvalue weighted by molar-refractivity contribution is 5.96. The van der Waals surface area contributed by atoms with Crippen LogP contribution in [0.25, 0.3) is 11.2 Å². The minimum absolute atomic E-state index is 0.133. The standard InChI is InChI=1S/C22H26N4O/c1-4-6-20-24-19-7-5-11-23-21(19)26(20)17-10-12-25(14-17)22(27)18-13-15(2)8-9-16(18)3/h5,7-9,11,13,17H,4,6,10,12,14H2,1-3H3. The molecule has 1 amide bonds. The van der Waals surface area contributed by atoms with Gasteiger partial charge in [-0.2, -0.15) is 0 Å². The van der Waals surface area contributed by atoms with Gasteiger partial charge in [0.25, 0.3) is 5.91 Å². The summed E-state index contributed by atoms with van der Waals surface area (Å²) in [6.45, 7) is 7.69. The van der Waals surface area contributed by atoms with Gasteiger partial charge in [0.2, 0.25) is 0 Å². The number of hydrogen-bond donors (Lipinski definition) is 0. The number of pyridine rings is 1. The lowest BCUT2D eigenvalue weighted by Gasteiger charge is -2.20. The van der Waals surface area contributed by atoms with Gasteiger partial charge >= 0.3 is 0 Å². The maximum absolute atomic E-state index is 13.1. The molecule has 2 aromatic heterocycles. The maximum atomic E-state index is 13.1. The van der Waals surface area contributed by atoms with E-state index in [1.54, 1.807) is 0 Å². The number of benzene rings is 1. The van der Waals surface area contributed by atoms with E-state index in [1.165, 1.54) is 0 Å². The molecule has 1 aliphatic rings. The molecule has 0 N–H and O–H groups in total. The van der Waals surface area contributed by atoms with E-state index in [0.29, 0.717) is 6.54 Å². The number of aryl methyl sites for hydroxylation is 3. The second-order valence-electron chi connectivity index (χ2n) is 7.51. The molecule has 5 heteroatoms. The second-order valence-corrected chi connectivity index (χ2v) is 7.51. The van der Waals surface area contributed by atoms with E-state index >= 15 is 0 Å². The molecule has 3 heterocycles. The van der Waals surface area contributed by atoms with Crippen LogP contribution in [0.5, 0.6) is 0 Å². The Bertz CT molecular complexity index is 991. The highest BCUT2D eigenvalue weighted by Gasteiger charge is 2.31. The van der Waals surface area contributed by atoms with Crippen LogP contribution in [-0.4, -0.2) is 38.4 Å². The van der Waals surface area contributed by atoms with E-state index in [2.05, 4.69) is 22.5 Å². The fourth-order valence-corrected chi connectivity index (χ4v) is 4.03. The van der Waals surface area contributed by atoms with Crippen molar-refractivity contribution in [2.75, 3.05) is 13.1 Å². The summed E-state index contributed by atoms with van der Waals surface area (Å²) in [6.07, 6.45) is 4.73. The van der Waals surface area contributed by atoms with Crippen LogP contribution in [0.1, 0.15) is 53.1 Å². The van der Waals surface area contributed by atoms with E-state index in [9.17, 15) is 4.79 Å². The minimum Gasteiger partial charge on any atom is -0.336 e. The number of carbonyl (C=O) groups is 1. The van der Waals surface area contributed by atoms with Crippen LogP contribution in [-0.2, 0) is 6.42 Å². The highest BCUT2D eigenvalue weighted by atomic mass is 16.2. The van der Waals surface area contributed by atoms with Crippen LogP contribution in [0, 0.1) is 13.8 Å². The number of rotatable bonds is 4. The SMILES string of the molecule is CCCc1nc2cccnc2n1C1CCN(C(=O)c2cc(C)ccc2C)C1. The molecule has 0 saturated carbocycles. The van der Waals surface area contributed by atoms with E-state index in [0.717, 1.165) is 59.5 Å². The van der Waals surface area contributed by atoms with E-state index < -0.39 is 0 Å². The molecule has 140 valence electrons. The average Bonchev–Trinajstić information content (AvgIpc) is 3.27. The van der Waals surface area contributed by atoms with Crippen LogP contribution >= 0.6 is 0 Å². The third kappa shape index (κ3) is 3.22. The summed E-state index contributed by atoms with van der Waals surface area (Å²) in [4.78, 5) is 24.5. The highest BCUT2D eigenvalue weighted by Crippen LogP contribution is 2.29. The first-order valence-corrected chi connectivity index (χ1v) is 9.77. The molecule has 1 aliphatic heterocycles. The minimum atomic E-state index is 0.133. The average molecular weight is 362 g/mol. The molecular weight excluding hydrogens is 336 g/mol. The zero-order valence-electron chi connectivity index (χ0n) is 16.3. The molecule has 1 unspecified atom stereocenters. The van der Waals surface area contributed by atoms with Gasteiger partial charge < -0.3 is 9.47 Å². The van der Waals surface area contributed by atoms with E-state index in [4.69, 9.17) is 4.98 Å². The van der Waals surface area contributed by atoms with Gasteiger partial charge in [0.1, 0.15) is 11.3 Å². The van der Waals surface area contributed by atoms with Gasteiger partial charge in [0.05, 0.1) is 6.04 Å². The molecule has 5 nitrogen and oxygen atoms in total. The Balaban J connectivity index is 1.63. The Labute approximate surface area is 160 Å². The molecule has 1 atom stereocenters. The van der Waals surface area contributed by atoms with E-state index in [-0.39, 0.29) is 11.9 Å². The molecule has 4 rings (SSSR count). The fourth-order valence-electron chi connectivity index (χ4n) is 4.03. The van der Waals surface area contributed by atoms with Crippen LogP contribution in [0.4, 0.5) is 0 Å². The number of fused-ring (bicyclic) bond motifs is 1. The smallest absolute Gasteiger partial charge is 0.254 e. The number of likely N-dealkylation sites (tertiary alicyclic amines) is 1. The molecule has 27 heavy (non-hydrogen) atoms. The van der Waals surface area contributed by atoms with Crippen molar-refractivity contribution in [3.05, 3.63) is 59.0 Å². The van der Waals surface area contributed by atoms with Crippen molar-refractivity contribution in [2.24, 2.45) is 0 Å². The lowest BCUT2D eigenvalue weighted by Crippen LogP contribution is -2.30. The largest absolute Gasteiger partial charge is 0.336 e. The number of aromatic nitrogens is 3. The monoisotopic (exact) mass is 362 g/mol. The van der Waals surface area contributed by atoms with Crippen molar-refractivity contribution >= 4 is 17.1 Å². The molecule has 0 aliphatic carbocycles. The molecule has 0 bridgehead atoms. The third-order valence-electron chi connectivity index (χ3n) is 5.43. The van der Waals surface area contributed by atoms with Crippen molar-refractivity contribution in [1.82, 2.24) is 19.4 Å². The second kappa shape index (κ2) is 7.14. The van der Waals surface area contributed by atoms with Crippen LogP contribution in [0.2, 0.25) is 0 Å². The van der Waals surface area contributed by atoms with Gasteiger partial charge in [-0.15, -0.1) is 0 Å². The summed E-state index contributed by atoms with van der Waals surface area (Å²) in [5, 5.41) is 0. The Morgan fingerprint density at radius 1 is 1.26 bits per heavy atom. The maximum Gasteiger partial charge on any atom is 0.254 e. The molecule has 1 saturated heterocycles. The zero-order chi connectivity index (χ0) is 19.0. The van der Waals surface area contributed by atoms with Crippen molar-refractivity contribution in [3.8, 4) is 0 Å². The lowest BCUT2D eigenvalue weighted by molar-refractivity contribution is 0.0787. The van der Waals surface area contributed by atoms with Gasteiger partial charge in [-0.05, 0) is 50.5 Å². The lowest BCUT2D eigenvalue weighted by atomic mass is 10.0. The summed E-state index contributed by atoms with van der Waals surface area (Å²) in [5.41, 5.74) is 4.86. The summed E-state index contributed by atoms with van der Waals surface area (Å²) < 4.78 is 2.27. The van der Waals surface area contributed by atoms with Crippen molar-refractivity contribution in [3.63, 3.8) is 0 Å². The topological polar surface area (TPSA) is 51.0 Å². The predicted octanol–water partition coefficient (Wildman–Crippen LogP) is 4.09. The van der Waals surface area contributed by atoms with Crippen LogP contribution < -0.4 is 0 Å². The fraction of sp³-hybridized carbons (Fsp3) is 0.409. The molecule has 3 aromatic rings. The van der Waals surface area contributed by atoms with Gasteiger partial charge in [-0.3, -0.25) is 4.79 Å². The molecular formula is C22H26N4O. The van der Waals surface area contributed by atoms with Gasteiger partial charge in [0, 0.05) is 31.3 Å². The van der Waals surface area contributed by atoms with Crippen molar-refractivity contribution in [1.29, 1.82) is 0 Å². The normalized spacial score (nSPS) is 17.0. The van der Waals surface area contributed by atoms with Gasteiger partial charge in [0.15, 0.2) is 5.65 Å². The number of amides is 1. The number of hydrogen-bond acceptors (Lipinski definition) is 3. The summed E-state index contributed by atoms with van der Waals surface area (Å²) in [5.74, 6) is 1.21. The third-order valence-corrected chi connectivity index (χ3v) is 5.43. The first-order chi connectivity index (χ1) is 13.1. The first-order valence-electron chi connectivity index (χ1n) is 9.77. The number of carbonyl (C=O) groups excluding carboxylic acids is 1. The molecule has 0 radical (unpaired) electrons. The molecule has 1 fully saturated rings. The van der Waals surface area contributed by atoms with Crippen molar-refractivity contribution in [2.45, 2.75) is 46.1 Å². The Kier molecular flexibility index (Phi) is 4.68. The van der Waals surface area contributed by atoms with Gasteiger partial charge in [-0.25, -0.2) is 9.97 Å². The van der Waals surface area contributed by atoms with Crippen LogP contribution in [0.3, 0.4) is 0 Å². The number of imidazole rings is 1. The van der Waals surface area contributed by atoms with E-state index in [1.807, 2.05) is 49.2 Å². The number of nitrogens with zero attached hydrogens (tertiary/aromatic N) is 4. The van der Waals surface area contributed by atoms with Crippen molar-refractivity contribution < 1.29 is 4.79 Å². The zero-order valence-corrected chi connectivity index (χ0v) is 16.3. The predicted molar refractivity (Wildman–Crippen MR) is 107 cm³/mol. The first kappa shape index (κ1) is 17.7. The Hall–Kier alpha value is -2.69. The van der Waals surface area contributed by atoms with Gasteiger partial charge in [-0.1, -0.05) is 24.6 Å². The Morgan fingerprint density at radius 3 is 2.93 bits per heavy atom. The quantitative estimate of drug-likeness (QED) is 0.702.